The van der Waals surface area contributed by atoms with Crippen LogP contribution in [0.5, 0.6) is 0 Å². The fourth-order valence-corrected chi connectivity index (χ4v) is 3.21. The highest BCUT2D eigenvalue weighted by atomic mass is 16.3. The number of nitrogens with one attached hydrogen (secondary N) is 1. The fraction of sp³-hybridized carbons (Fsp3) is 0.579. The first-order valence-electron chi connectivity index (χ1n) is 8.95. The predicted molar refractivity (Wildman–Crippen MR) is 94.9 cm³/mol. The molecule has 132 valence electrons. The van der Waals surface area contributed by atoms with Crippen molar-refractivity contribution in [2.24, 2.45) is 5.92 Å². The van der Waals surface area contributed by atoms with Gasteiger partial charge in [0.1, 0.15) is 0 Å². The van der Waals surface area contributed by atoms with Gasteiger partial charge in [-0.2, -0.15) is 0 Å². The monoisotopic (exact) mass is 332 g/mol. The molecule has 5 nitrogen and oxygen atoms in total. The second-order valence-electron chi connectivity index (χ2n) is 6.46. The summed E-state index contributed by atoms with van der Waals surface area (Å²) in [6.45, 7) is 5.63. The quantitative estimate of drug-likeness (QED) is 0.806. The van der Waals surface area contributed by atoms with Crippen molar-refractivity contribution in [1.29, 1.82) is 0 Å². The van der Waals surface area contributed by atoms with E-state index in [1.165, 1.54) is 0 Å². The van der Waals surface area contributed by atoms with Gasteiger partial charge in [-0.1, -0.05) is 13.8 Å². The first-order valence-corrected chi connectivity index (χ1v) is 8.95. The number of aliphatic hydroxyl groups excluding tert-OH is 1. The van der Waals surface area contributed by atoms with Crippen molar-refractivity contribution in [2.75, 3.05) is 18.4 Å². The SMILES string of the molecule is CCCN(CCC)C(=O)c1ccc(NC(=O)C2CCCC2O)cc1. The van der Waals surface area contributed by atoms with Crippen molar-refractivity contribution in [2.45, 2.75) is 52.1 Å². The van der Waals surface area contributed by atoms with E-state index in [1.54, 1.807) is 24.3 Å². The highest BCUT2D eigenvalue weighted by molar-refractivity contribution is 5.96. The molecule has 0 bridgehead atoms. The minimum absolute atomic E-state index is 0.0304. The Morgan fingerprint density at radius 2 is 1.75 bits per heavy atom. The van der Waals surface area contributed by atoms with Crippen LogP contribution in [0, 0.1) is 5.92 Å². The van der Waals surface area contributed by atoms with Crippen LogP contribution in [-0.4, -0.2) is 41.0 Å². The Kier molecular flexibility index (Phi) is 6.79. The standard InChI is InChI=1S/C19H28N2O3/c1-3-12-21(13-4-2)19(24)14-8-10-15(11-9-14)20-18(23)16-6-5-7-17(16)22/h8-11,16-17,22H,3-7,12-13H2,1-2H3,(H,20,23). The summed E-state index contributed by atoms with van der Waals surface area (Å²) < 4.78 is 0. The Bertz CT molecular complexity index is 550. The Morgan fingerprint density at radius 3 is 2.25 bits per heavy atom. The van der Waals surface area contributed by atoms with Gasteiger partial charge in [0.25, 0.3) is 5.91 Å². The zero-order chi connectivity index (χ0) is 17.5. The van der Waals surface area contributed by atoms with E-state index < -0.39 is 6.10 Å². The number of anilines is 1. The average Bonchev–Trinajstić information content (AvgIpc) is 3.01. The van der Waals surface area contributed by atoms with Crippen LogP contribution in [-0.2, 0) is 4.79 Å². The van der Waals surface area contributed by atoms with E-state index in [9.17, 15) is 14.7 Å². The molecule has 1 aliphatic rings. The van der Waals surface area contributed by atoms with Gasteiger partial charge in [0, 0.05) is 24.3 Å². The molecule has 1 aromatic rings. The molecule has 1 saturated carbocycles. The molecule has 0 spiro atoms. The topological polar surface area (TPSA) is 69.6 Å². The molecule has 5 heteroatoms. The van der Waals surface area contributed by atoms with Crippen LogP contribution >= 0.6 is 0 Å². The van der Waals surface area contributed by atoms with Crippen molar-refractivity contribution >= 4 is 17.5 Å². The van der Waals surface area contributed by atoms with Crippen LogP contribution in [0.2, 0.25) is 0 Å². The summed E-state index contributed by atoms with van der Waals surface area (Å²) in [6.07, 6.45) is 3.63. The van der Waals surface area contributed by atoms with Crippen LogP contribution in [0.1, 0.15) is 56.3 Å². The lowest BCUT2D eigenvalue weighted by molar-refractivity contribution is -0.122. The molecule has 2 rings (SSSR count). The maximum absolute atomic E-state index is 12.5. The molecule has 0 radical (unpaired) electrons. The van der Waals surface area contributed by atoms with Gasteiger partial charge in [0.2, 0.25) is 5.91 Å². The van der Waals surface area contributed by atoms with Crippen molar-refractivity contribution in [3.63, 3.8) is 0 Å². The maximum atomic E-state index is 12.5. The summed E-state index contributed by atoms with van der Waals surface area (Å²) in [5.74, 6) is -0.434. The van der Waals surface area contributed by atoms with E-state index in [2.05, 4.69) is 19.2 Å². The molecule has 1 aromatic carbocycles. The lowest BCUT2D eigenvalue weighted by Gasteiger charge is -2.21. The lowest BCUT2D eigenvalue weighted by Crippen LogP contribution is -2.32. The molecule has 0 saturated heterocycles. The van der Waals surface area contributed by atoms with E-state index >= 15 is 0 Å². The minimum atomic E-state index is -0.539. The number of amides is 2. The third kappa shape index (κ3) is 4.57. The van der Waals surface area contributed by atoms with Gasteiger partial charge in [-0.05, 0) is 56.4 Å². The van der Waals surface area contributed by atoms with Crippen LogP contribution in [0.25, 0.3) is 0 Å². The highest BCUT2D eigenvalue weighted by Gasteiger charge is 2.31. The largest absolute Gasteiger partial charge is 0.392 e. The summed E-state index contributed by atoms with van der Waals surface area (Å²) >= 11 is 0. The summed E-state index contributed by atoms with van der Waals surface area (Å²) in [5, 5.41) is 12.6. The lowest BCUT2D eigenvalue weighted by atomic mass is 10.1. The third-order valence-corrected chi connectivity index (χ3v) is 4.49. The van der Waals surface area contributed by atoms with Crippen LogP contribution in [0.4, 0.5) is 5.69 Å². The summed E-state index contributed by atoms with van der Waals surface area (Å²) in [4.78, 5) is 26.6. The zero-order valence-electron chi connectivity index (χ0n) is 14.6. The van der Waals surface area contributed by atoms with E-state index in [0.29, 0.717) is 17.7 Å². The Morgan fingerprint density at radius 1 is 1.12 bits per heavy atom. The number of nitrogens with zero attached hydrogens (tertiary/aromatic N) is 1. The number of hydrogen-bond acceptors (Lipinski definition) is 3. The van der Waals surface area contributed by atoms with Gasteiger partial charge in [0.05, 0.1) is 12.0 Å². The van der Waals surface area contributed by atoms with Gasteiger partial charge in [-0.15, -0.1) is 0 Å². The first-order chi connectivity index (χ1) is 11.6. The predicted octanol–water partition coefficient (Wildman–Crippen LogP) is 3.05. The molecule has 0 aromatic heterocycles. The summed E-state index contributed by atoms with van der Waals surface area (Å²) in [7, 11) is 0. The Balaban J connectivity index is 1.99. The highest BCUT2D eigenvalue weighted by Crippen LogP contribution is 2.26. The summed E-state index contributed by atoms with van der Waals surface area (Å²) in [6, 6.07) is 7.01. The summed E-state index contributed by atoms with van der Waals surface area (Å²) in [5.41, 5.74) is 1.30. The number of aliphatic hydroxyl groups is 1. The Labute approximate surface area is 144 Å². The van der Waals surface area contributed by atoms with Crippen molar-refractivity contribution in [3.8, 4) is 0 Å². The van der Waals surface area contributed by atoms with Gasteiger partial charge < -0.3 is 15.3 Å². The molecule has 1 fully saturated rings. The zero-order valence-corrected chi connectivity index (χ0v) is 14.6. The van der Waals surface area contributed by atoms with E-state index in [4.69, 9.17) is 0 Å². The van der Waals surface area contributed by atoms with E-state index in [-0.39, 0.29) is 17.7 Å². The average molecular weight is 332 g/mol. The molecule has 2 atom stereocenters. The molecule has 0 aliphatic heterocycles. The number of hydrogen-bond donors (Lipinski definition) is 2. The Hall–Kier alpha value is -1.88. The molecule has 24 heavy (non-hydrogen) atoms. The molecule has 2 N–H and O–H groups in total. The number of rotatable bonds is 7. The smallest absolute Gasteiger partial charge is 0.253 e. The molecule has 0 heterocycles. The molecule has 1 aliphatic carbocycles. The molecule has 2 amide bonds. The van der Waals surface area contributed by atoms with Gasteiger partial charge in [0.15, 0.2) is 0 Å². The molecule has 2 unspecified atom stereocenters. The molecular weight excluding hydrogens is 304 g/mol. The molecular formula is C19H28N2O3. The fourth-order valence-electron chi connectivity index (χ4n) is 3.21. The normalized spacial score (nSPS) is 20.0. The van der Waals surface area contributed by atoms with E-state index in [0.717, 1.165) is 38.8 Å². The minimum Gasteiger partial charge on any atom is -0.392 e. The maximum Gasteiger partial charge on any atom is 0.253 e. The van der Waals surface area contributed by atoms with Crippen molar-refractivity contribution in [1.82, 2.24) is 4.90 Å². The third-order valence-electron chi connectivity index (χ3n) is 4.49. The van der Waals surface area contributed by atoms with Crippen molar-refractivity contribution < 1.29 is 14.7 Å². The van der Waals surface area contributed by atoms with Crippen LogP contribution in [0.3, 0.4) is 0 Å². The van der Waals surface area contributed by atoms with Gasteiger partial charge in [-0.25, -0.2) is 0 Å². The van der Waals surface area contributed by atoms with Gasteiger partial charge >= 0.3 is 0 Å². The second kappa shape index (κ2) is 8.83. The number of carbonyl (C=O) groups excluding carboxylic acids is 2. The number of benzene rings is 1. The van der Waals surface area contributed by atoms with Crippen LogP contribution < -0.4 is 5.32 Å². The number of carbonyl (C=O) groups is 2. The van der Waals surface area contributed by atoms with Crippen molar-refractivity contribution in [3.05, 3.63) is 29.8 Å². The van der Waals surface area contributed by atoms with Gasteiger partial charge in [-0.3, -0.25) is 9.59 Å². The second-order valence-corrected chi connectivity index (χ2v) is 6.46. The van der Waals surface area contributed by atoms with E-state index in [1.807, 2.05) is 4.90 Å². The first kappa shape index (κ1) is 18.5. The van der Waals surface area contributed by atoms with Crippen LogP contribution in [0.15, 0.2) is 24.3 Å².